The van der Waals surface area contributed by atoms with Gasteiger partial charge in [0.05, 0.1) is 21.1 Å². The lowest BCUT2D eigenvalue weighted by Gasteiger charge is -2.36. The summed E-state index contributed by atoms with van der Waals surface area (Å²) in [4.78, 5) is 33.0. The zero-order valence-corrected chi connectivity index (χ0v) is 21.7. The zero-order chi connectivity index (χ0) is 25.1. The van der Waals surface area contributed by atoms with Gasteiger partial charge in [-0.05, 0) is 98.9 Å². The van der Waals surface area contributed by atoms with E-state index >= 15 is 0 Å². The molecule has 0 spiro atoms. The van der Waals surface area contributed by atoms with Crippen LogP contribution in [-0.2, 0) is 4.79 Å². The smallest absolute Gasteiger partial charge is 0.248 e. The van der Waals surface area contributed by atoms with Crippen LogP contribution in [0, 0.1) is 5.92 Å². The van der Waals surface area contributed by atoms with Gasteiger partial charge in [0.1, 0.15) is 0 Å². The maximum atomic E-state index is 12.4. The molecule has 1 aliphatic carbocycles. The largest absolute Gasteiger partial charge is 0.360 e. The van der Waals surface area contributed by atoms with E-state index in [2.05, 4.69) is 26.4 Å². The van der Waals surface area contributed by atoms with Gasteiger partial charge in [-0.1, -0.05) is 29.3 Å². The fourth-order valence-electron chi connectivity index (χ4n) is 5.69. The highest BCUT2D eigenvalue weighted by atomic mass is 35.5. The number of fused-ring (bicyclic) bond motifs is 1. The first-order valence-electron chi connectivity index (χ1n) is 12.8. The summed E-state index contributed by atoms with van der Waals surface area (Å²) in [6.45, 7) is 3.31. The second-order valence-corrected chi connectivity index (χ2v) is 11.0. The van der Waals surface area contributed by atoms with Crippen LogP contribution in [-0.4, -0.2) is 46.5 Å². The number of likely N-dealkylation sites (tertiary alicyclic amines) is 1. The van der Waals surface area contributed by atoms with Crippen molar-refractivity contribution in [3.8, 4) is 0 Å². The Bertz CT molecular complexity index is 1300. The summed E-state index contributed by atoms with van der Waals surface area (Å²) in [6, 6.07) is 8.99. The van der Waals surface area contributed by atoms with Crippen LogP contribution in [0.25, 0.3) is 17.1 Å². The molecular formula is C28H32Cl2N4O2. The third-order valence-corrected chi connectivity index (χ3v) is 8.44. The second kappa shape index (κ2) is 11.2. The Morgan fingerprint density at radius 3 is 2.56 bits per heavy atom. The number of pyridine rings is 1. The molecule has 3 heterocycles. The molecule has 2 fully saturated rings. The van der Waals surface area contributed by atoms with Crippen molar-refractivity contribution in [1.82, 2.24) is 20.2 Å². The molecule has 3 N–H and O–H groups in total. The van der Waals surface area contributed by atoms with Crippen LogP contribution in [0.2, 0.25) is 10.0 Å². The van der Waals surface area contributed by atoms with Gasteiger partial charge in [-0.15, -0.1) is 0 Å². The summed E-state index contributed by atoms with van der Waals surface area (Å²) in [6.07, 6.45) is 12.0. The summed E-state index contributed by atoms with van der Waals surface area (Å²) in [5.74, 6) is 1.10. The lowest BCUT2D eigenvalue weighted by Crippen LogP contribution is -2.41. The molecule has 2 aromatic heterocycles. The van der Waals surface area contributed by atoms with E-state index < -0.39 is 0 Å². The molecule has 2 aliphatic rings. The SMILES string of the molecule is O=C(/C=C/c1ccc(Cl)c(Cl)c1)N[C@H]1CC[C@@H](CN2CCC(c3c[nH]c4ccc(=O)[nH]c34)CC2)CC1. The monoisotopic (exact) mass is 526 g/mol. The van der Waals surface area contributed by atoms with E-state index in [1.807, 2.05) is 12.1 Å². The average Bonchev–Trinajstić information content (AvgIpc) is 3.29. The fraction of sp³-hybridized carbons (Fsp3) is 0.429. The number of aromatic amines is 2. The van der Waals surface area contributed by atoms with E-state index in [9.17, 15) is 9.59 Å². The van der Waals surface area contributed by atoms with E-state index in [1.54, 1.807) is 30.4 Å². The Hall–Kier alpha value is -2.54. The molecule has 6 nitrogen and oxygen atoms in total. The lowest BCUT2D eigenvalue weighted by atomic mass is 9.84. The molecule has 1 saturated carbocycles. The number of halogens is 2. The highest BCUT2D eigenvalue weighted by Gasteiger charge is 2.27. The number of benzene rings is 1. The van der Waals surface area contributed by atoms with Crippen LogP contribution in [0.1, 0.15) is 55.6 Å². The predicted molar refractivity (Wildman–Crippen MR) is 147 cm³/mol. The number of piperidine rings is 1. The average molecular weight is 527 g/mol. The first kappa shape index (κ1) is 25.1. The van der Waals surface area contributed by atoms with E-state index in [4.69, 9.17) is 23.2 Å². The Morgan fingerprint density at radius 2 is 1.81 bits per heavy atom. The molecule has 0 radical (unpaired) electrons. The van der Waals surface area contributed by atoms with Crippen molar-refractivity contribution in [3.05, 3.63) is 74.1 Å². The van der Waals surface area contributed by atoms with Gasteiger partial charge in [0, 0.05) is 30.9 Å². The summed E-state index contributed by atoms with van der Waals surface area (Å²) in [5.41, 5.74) is 4.01. The summed E-state index contributed by atoms with van der Waals surface area (Å²) in [7, 11) is 0. The third kappa shape index (κ3) is 6.05. The third-order valence-electron chi connectivity index (χ3n) is 7.70. The van der Waals surface area contributed by atoms with Crippen molar-refractivity contribution in [2.24, 2.45) is 5.92 Å². The van der Waals surface area contributed by atoms with Gasteiger partial charge >= 0.3 is 0 Å². The summed E-state index contributed by atoms with van der Waals surface area (Å²) >= 11 is 12.0. The number of aromatic nitrogens is 2. The number of carbonyl (C=O) groups is 1. The van der Waals surface area contributed by atoms with Gasteiger partial charge in [0.15, 0.2) is 0 Å². The molecule has 1 aliphatic heterocycles. The molecule has 1 amide bonds. The summed E-state index contributed by atoms with van der Waals surface area (Å²) in [5, 5.41) is 4.14. The van der Waals surface area contributed by atoms with Crippen LogP contribution >= 0.6 is 23.2 Å². The Balaban J connectivity index is 1.05. The van der Waals surface area contributed by atoms with Crippen molar-refractivity contribution >= 4 is 46.2 Å². The highest BCUT2D eigenvalue weighted by Crippen LogP contribution is 2.33. The molecule has 8 heteroatoms. The lowest BCUT2D eigenvalue weighted by molar-refractivity contribution is -0.117. The highest BCUT2D eigenvalue weighted by molar-refractivity contribution is 6.42. The number of nitrogens with one attached hydrogen (secondary N) is 3. The van der Waals surface area contributed by atoms with Crippen LogP contribution < -0.4 is 10.9 Å². The van der Waals surface area contributed by atoms with Gasteiger partial charge in [-0.3, -0.25) is 9.59 Å². The number of rotatable bonds is 6. The Morgan fingerprint density at radius 1 is 1.03 bits per heavy atom. The zero-order valence-electron chi connectivity index (χ0n) is 20.2. The first-order chi connectivity index (χ1) is 17.4. The van der Waals surface area contributed by atoms with E-state index in [-0.39, 0.29) is 17.5 Å². The standard InChI is InChI=1S/C28H32Cl2N4O2/c29-23-7-3-18(15-24(23)30)4-9-26(35)32-21-5-1-19(2-6-21)17-34-13-11-20(12-14-34)22-16-31-25-8-10-27(36)33-28(22)25/h3-4,7-10,15-16,19-21,31H,1-2,5-6,11-14,17H2,(H,32,35)(H,33,36)/b9-4+/t19-,21+. The maximum absolute atomic E-state index is 12.4. The van der Waals surface area contributed by atoms with E-state index in [0.717, 1.165) is 74.8 Å². The molecule has 3 aromatic rings. The Labute approximate surface area is 221 Å². The van der Waals surface area contributed by atoms with Crippen LogP contribution in [0.3, 0.4) is 0 Å². The maximum Gasteiger partial charge on any atom is 0.248 e. The van der Waals surface area contributed by atoms with Gasteiger partial charge in [0.25, 0.3) is 0 Å². The molecule has 1 aromatic carbocycles. The fourth-order valence-corrected chi connectivity index (χ4v) is 6.00. The van der Waals surface area contributed by atoms with Gasteiger partial charge < -0.3 is 20.2 Å². The summed E-state index contributed by atoms with van der Waals surface area (Å²) < 4.78 is 0. The number of nitrogens with zero attached hydrogens (tertiary/aromatic N) is 1. The first-order valence-corrected chi connectivity index (χ1v) is 13.6. The molecular weight excluding hydrogens is 495 g/mol. The molecule has 5 rings (SSSR count). The van der Waals surface area contributed by atoms with Gasteiger partial charge in [-0.2, -0.15) is 0 Å². The topological polar surface area (TPSA) is 81.0 Å². The van der Waals surface area contributed by atoms with E-state index in [0.29, 0.717) is 21.9 Å². The van der Waals surface area contributed by atoms with Crippen LogP contribution in [0.5, 0.6) is 0 Å². The minimum absolute atomic E-state index is 0.0462. The van der Waals surface area contributed by atoms with E-state index in [1.165, 1.54) is 5.56 Å². The number of H-pyrrole nitrogens is 2. The molecule has 190 valence electrons. The van der Waals surface area contributed by atoms with Gasteiger partial charge in [-0.25, -0.2) is 0 Å². The Kier molecular flexibility index (Phi) is 7.85. The molecule has 36 heavy (non-hydrogen) atoms. The quantitative estimate of drug-likeness (QED) is 0.358. The molecule has 0 unspecified atom stereocenters. The molecule has 1 saturated heterocycles. The second-order valence-electron chi connectivity index (χ2n) is 10.2. The minimum Gasteiger partial charge on any atom is -0.360 e. The normalized spacial score (nSPS) is 21.8. The number of amides is 1. The van der Waals surface area contributed by atoms with Crippen molar-refractivity contribution < 1.29 is 4.79 Å². The van der Waals surface area contributed by atoms with Crippen molar-refractivity contribution in [2.45, 2.75) is 50.5 Å². The number of carbonyl (C=O) groups excluding carboxylic acids is 1. The molecule has 0 bridgehead atoms. The predicted octanol–water partition coefficient (Wildman–Crippen LogP) is 5.73. The van der Waals surface area contributed by atoms with Gasteiger partial charge in [0.2, 0.25) is 11.5 Å². The number of hydrogen-bond acceptors (Lipinski definition) is 3. The van der Waals surface area contributed by atoms with Crippen molar-refractivity contribution in [1.29, 1.82) is 0 Å². The van der Waals surface area contributed by atoms with Crippen LogP contribution in [0.4, 0.5) is 0 Å². The van der Waals surface area contributed by atoms with Crippen molar-refractivity contribution in [3.63, 3.8) is 0 Å². The minimum atomic E-state index is -0.0646. The number of hydrogen-bond donors (Lipinski definition) is 3. The van der Waals surface area contributed by atoms with Crippen LogP contribution in [0.15, 0.2) is 47.4 Å². The molecule has 0 atom stereocenters. The van der Waals surface area contributed by atoms with Crippen molar-refractivity contribution in [2.75, 3.05) is 19.6 Å².